The van der Waals surface area contributed by atoms with E-state index in [9.17, 15) is 5.11 Å². The lowest BCUT2D eigenvalue weighted by atomic mass is 10.1. The molecule has 1 atom stereocenters. The van der Waals surface area contributed by atoms with Crippen molar-refractivity contribution in [3.8, 4) is 0 Å². The van der Waals surface area contributed by atoms with E-state index in [1.165, 1.54) is 6.20 Å². The van der Waals surface area contributed by atoms with Crippen LogP contribution in [0.3, 0.4) is 0 Å². The third-order valence-corrected chi connectivity index (χ3v) is 2.55. The van der Waals surface area contributed by atoms with Gasteiger partial charge in [0.1, 0.15) is 6.10 Å². The second-order valence-electron chi connectivity index (χ2n) is 3.28. The lowest BCUT2D eigenvalue weighted by Gasteiger charge is -2.13. The zero-order valence-electron chi connectivity index (χ0n) is 8.34. The van der Waals surface area contributed by atoms with Crippen molar-refractivity contribution in [3.05, 3.63) is 53.1 Å². The zero-order chi connectivity index (χ0) is 11.5. The van der Waals surface area contributed by atoms with Gasteiger partial charge < -0.3 is 10.8 Å². The maximum atomic E-state index is 10.1. The number of aromatic nitrogens is 2. The van der Waals surface area contributed by atoms with E-state index in [1.807, 2.05) is 0 Å². The van der Waals surface area contributed by atoms with Crippen LogP contribution in [0.4, 0.5) is 5.69 Å². The van der Waals surface area contributed by atoms with Crippen LogP contribution < -0.4 is 5.73 Å². The quantitative estimate of drug-likeness (QED) is 0.833. The van der Waals surface area contributed by atoms with Crippen molar-refractivity contribution >= 4 is 17.3 Å². The van der Waals surface area contributed by atoms with Crippen LogP contribution in [-0.4, -0.2) is 15.1 Å². The summed E-state index contributed by atoms with van der Waals surface area (Å²) >= 11 is 5.94. The van der Waals surface area contributed by atoms with Crippen LogP contribution in [-0.2, 0) is 0 Å². The standard InChI is InChI=1S/C11H10ClN3O/c12-8-2-1-4-15-10(8)11(16)7-6-14-5-3-9(7)13/h1-6,11,16H,(H2,13,14). The fraction of sp³-hybridized carbons (Fsp3) is 0.0909. The predicted octanol–water partition coefficient (Wildman–Crippen LogP) is 1.79. The van der Waals surface area contributed by atoms with Crippen LogP contribution in [0.5, 0.6) is 0 Å². The molecular weight excluding hydrogens is 226 g/mol. The lowest BCUT2D eigenvalue weighted by Crippen LogP contribution is -2.06. The largest absolute Gasteiger partial charge is 0.398 e. The van der Waals surface area contributed by atoms with Crippen molar-refractivity contribution in [2.45, 2.75) is 6.10 Å². The van der Waals surface area contributed by atoms with Crippen molar-refractivity contribution in [3.63, 3.8) is 0 Å². The maximum absolute atomic E-state index is 10.1. The molecule has 2 aromatic rings. The van der Waals surface area contributed by atoms with Crippen LogP contribution >= 0.6 is 11.6 Å². The molecule has 0 aliphatic rings. The minimum absolute atomic E-state index is 0.379. The molecule has 0 saturated heterocycles. The molecule has 2 rings (SSSR count). The number of nitrogens with two attached hydrogens (primary N) is 1. The van der Waals surface area contributed by atoms with Crippen molar-refractivity contribution in [1.82, 2.24) is 9.97 Å². The molecule has 82 valence electrons. The van der Waals surface area contributed by atoms with Gasteiger partial charge >= 0.3 is 0 Å². The number of aliphatic hydroxyl groups is 1. The average molecular weight is 236 g/mol. The first-order chi connectivity index (χ1) is 7.70. The second-order valence-corrected chi connectivity index (χ2v) is 3.68. The van der Waals surface area contributed by atoms with Gasteiger partial charge in [-0.25, -0.2) is 0 Å². The molecule has 0 bridgehead atoms. The van der Waals surface area contributed by atoms with E-state index in [0.717, 1.165) is 0 Å². The number of hydrogen-bond acceptors (Lipinski definition) is 4. The number of hydrogen-bond donors (Lipinski definition) is 2. The summed E-state index contributed by atoms with van der Waals surface area (Å²) in [6.07, 6.45) is 3.68. The molecule has 2 aromatic heterocycles. The van der Waals surface area contributed by atoms with E-state index in [1.54, 1.807) is 30.6 Å². The Morgan fingerprint density at radius 2 is 2.12 bits per heavy atom. The van der Waals surface area contributed by atoms with Gasteiger partial charge in [-0.3, -0.25) is 9.97 Å². The van der Waals surface area contributed by atoms with Crippen LogP contribution in [0, 0.1) is 0 Å². The van der Waals surface area contributed by atoms with Crippen LogP contribution in [0.2, 0.25) is 5.02 Å². The summed E-state index contributed by atoms with van der Waals surface area (Å²) in [4.78, 5) is 7.94. The van der Waals surface area contributed by atoms with Gasteiger partial charge in [-0.1, -0.05) is 11.6 Å². The summed E-state index contributed by atoms with van der Waals surface area (Å²) in [7, 11) is 0. The Labute approximate surface area is 97.7 Å². The van der Waals surface area contributed by atoms with Gasteiger partial charge in [-0.05, 0) is 18.2 Å². The third kappa shape index (κ3) is 1.98. The summed E-state index contributed by atoms with van der Waals surface area (Å²) in [5.74, 6) is 0. The molecule has 4 nitrogen and oxygen atoms in total. The molecule has 0 aliphatic carbocycles. The van der Waals surface area contributed by atoms with Crippen LogP contribution in [0.1, 0.15) is 17.4 Å². The van der Waals surface area contributed by atoms with Crippen molar-refractivity contribution < 1.29 is 5.11 Å². The average Bonchev–Trinajstić information content (AvgIpc) is 2.29. The molecule has 0 radical (unpaired) electrons. The first-order valence-electron chi connectivity index (χ1n) is 4.68. The first kappa shape index (κ1) is 10.9. The van der Waals surface area contributed by atoms with Gasteiger partial charge in [0.25, 0.3) is 0 Å². The molecule has 0 aliphatic heterocycles. The Morgan fingerprint density at radius 1 is 1.31 bits per heavy atom. The van der Waals surface area contributed by atoms with Crippen molar-refractivity contribution in [2.24, 2.45) is 0 Å². The van der Waals surface area contributed by atoms with Gasteiger partial charge in [0.2, 0.25) is 0 Å². The van der Waals surface area contributed by atoms with E-state index >= 15 is 0 Å². The highest BCUT2D eigenvalue weighted by molar-refractivity contribution is 6.31. The van der Waals surface area contributed by atoms with Crippen molar-refractivity contribution in [1.29, 1.82) is 0 Å². The minimum Gasteiger partial charge on any atom is -0.398 e. The fourth-order valence-electron chi connectivity index (χ4n) is 1.39. The van der Waals surface area contributed by atoms with Gasteiger partial charge in [-0.2, -0.15) is 0 Å². The Bertz CT molecular complexity index is 459. The Hall–Kier alpha value is -1.65. The summed E-state index contributed by atoms with van der Waals surface area (Å²) in [5, 5.41) is 10.5. The van der Waals surface area contributed by atoms with E-state index < -0.39 is 6.10 Å². The van der Waals surface area contributed by atoms with Gasteiger partial charge in [0.05, 0.1) is 10.7 Å². The number of aliphatic hydroxyl groups excluding tert-OH is 1. The van der Waals surface area contributed by atoms with Gasteiger partial charge in [0, 0.05) is 29.8 Å². The number of nitrogens with zero attached hydrogens (tertiary/aromatic N) is 2. The maximum Gasteiger partial charge on any atom is 0.126 e. The zero-order valence-corrected chi connectivity index (χ0v) is 9.09. The van der Waals surface area contributed by atoms with Gasteiger partial charge in [-0.15, -0.1) is 0 Å². The number of rotatable bonds is 2. The summed E-state index contributed by atoms with van der Waals surface area (Å²) in [6, 6.07) is 4.99. The fourth-order valence-corrected chi connectivity index (χ4v) is 1.62. The molecule has 0 saturated carbocycles. The smallest absolute Gasteiger partial charge is 0.126 e. The normalized spacial score (nSPS) is 12.4. The number of nitrogen functional groups attached to an aromatic ring is 1. The van der Waals surface area contributed by atoms with Crippen molar-refractivity contribution in [2.75, 3.05) is 5.73 Å². The molecule has 1 unspecified atom stereocenters. The van der Waals surface area contributed by atoms with E-state index in [2.05, 4.69) is 9.97 Å². The molecule has 0 spiro atoms. The molecule has 16 heavy (non-hydrogen) atoms. The Kier molecular flexibility index (Phi) is 3.03. The topological polar surface area (TPSA) is 72.0 Å². The van der Waals surface area contributed by atoms with E-state index in [0.29, 0.717) is 22.0 Å². The van der Waals surface area contributed by atoms with Gasteiger partial charge in [0.15, 0.2) is 0 Å². The number of halogens is 1. The van der Waals surface area contributed by atoms with Crippen LogP contribution in [0.25, 0.3) is 0 Å². The SMILES string of the molecule is Nc1ccncc1C(O)c1ncccc1Cl. The first-order valence-corrected chi connectivity index (χ1v) is 5.06. The molecule has 5 heteroatoms. The van der Waals surface area contributed by atoms with E-state index in [-0.39, 0.29) is 0 Å². The van der Waals surface area contributed by atoms with Crippen LogP contribution in [0.15, 0.2) is 36.8 Å². The third-order valence-electron chi connectivity index (χ3n) is 2.23. The summed E-state index contributed by atoms with van der Waals surface area (Å²) < 4.78 is 0. The minimum atomic E-state index is -0.956. The molecule has 0 fully saturated rings. The highest BCUT2D eigenvalue weighted by Gasteiger charge is 2.17. The lowest BCUT2D eigenvalue weighted by molar-refractivity contribution is 0.216. The Balaban J connectivity index is 2.44. The number of pyridine rings is 2. The highest BCUT2D eigenvalue weighted by Crippen LogP contribution is 2.28. The second kappa shape index (κ2) is 4.47. The summed E-state index contributed by atoms with van der Waals surface area (Å²) in [6.45, 7) is 0. The highest BCUT2D eigenvalue weighted by atomic mass is 35.5. The summed E-state index contributed by atoms with van der Waals surface area (Å²) in [5.41, 5.74) is 7.08. The monoisotopic (exact) mass is 235 g/mol. The molecule has 0 amide bonds. The molecule has 0 aromatic carbocycles. The predicted molar refractivity (Wildman–Crippen MR) is 62.0 cm³/mol. The molecule has 2 heterocycles. The van der Waals surface area contributed by atoms with E-state index in [4.69, 9.17) is 17.3 Å². The Morgan fingerprint density at radius 3 is 2.81 bits per heavy atom. The number of anilines is 1. The molecular formula is C11H10ClN3O. The molecule has 3 N–H and O–H groups in total.